The Morgan fingerprint density at radius 3 is 2.70 bits per heavy atom. The molecule has 2 rings (SSSR count). The molecule has 0 spiro atoms. The molecule has 0 aliphatic carbocycles. The molecule has 1 heterocycles. The highest BCUT2D eigenvalue weighted by Gasteiger charge is 2.32. The van der Waals surface area contributed by atoms with E-state index in [4.69, 9.17) is 4.74 Å². The van der Waals surface area contributed by atoms with Crippen LogP contribution in [0.2, 0.25) is 0 Å². The first-order valence-electron chi connectivity index (χ1n) is 7.83. The van der Waals surface area contributed by atoms with Gasteiger partial charge in [0.1, 0.15) is 6.10 Å². The fourth-order valence-corrected chi connectivity index (χ4v) is 2.59. The van der Waals surface area contributed by atoms with Crippen molar-refractivity contribution in [2.45, 2.75) is 39.3 Å². The number of carbonyl (C=O) groups excluding carboxylic acids is 1. The average molecular weight is 326 g/mol. The molecule has 1 saturated heterocycles. The van der Waals surface area contributed by atoms with E-state index in [2.05, 4.69) is 0 Å². The molecule has 1 aromatic rings. The highest BCUT2D eigenvalue weighted by atomic mass is 19.3. The second-order valence-electron chi connectivity index (χ2n) is 6.22. The number of anilines is 1. The summed E-state index contributed by atoms with van der Waals surface area (Å²) in [6, 6.07) is 5.91. The second-order valence-corrected chi connectivity index (χ2v) is 6.22. The van der Waals surface area contributed by atoms with Gasteiger partial charge < -0.3 is 14.5 Å². The number of rotatable bonds is 4. The van der Waals surface area contributed by atoms with Gasteiger partial charge in [0.05, 0.1) is 18.7 Å². The van der Waals surface area contributed by atoms with Gasteiger partial charge in [-0.3, -0.25) is 4.79 Å². The largest absolute Gasteiger partial charge is 0.372 e. The number of benzene rings is 1. The Balaban J connectivity index is 2.29. The van der Waals surface area contributed by atoms with Crippen LogP contribution in [0.25, 0.3) is 0 Å². The number of amides is 1. The lowest BCUT2D eigenvalue weighted by Crippen LogP contribution is -2.48. The van der Waals surface area contributed by atoms with Crippen molar-refractivity contribution < 1.29 is 18.3 Å². The van der Waals surface area contributed by atoms with Gasteiger partial charge in [-0.15, -0.1) is 0 Å². The minimum atomic E-state index is -2.58. The van der Waals surface area contributed by atoms with E-state index in [9.17, 15) is 13.6 Å². The number of morpholine rings is 1. The van der Waals surface area contributed by atoms with E-state index in [0.717, 1.165) is 11.3 Å². The summed E-state index contributed by atoms with van der Waals surface area (Å²) in [5.41, 5.74) is 2.33. The molecule has 1 atom stereocenters. The molecular weight excluding hydrogens is 302 g/mol. The highest BCUT2D eigenvalue weighted by molar-refractivity contribution is 6.00. The minimum Gasteiger partial charge on any atom is -0.372 e. The van der Waals surface area contributed by atoms with Crippen LogP contribution in [0.1, 0.15) is 29.8 Å². The highest BCUT2D eigenvalue weighted by Crippen LogP contribution is 2.25. The number of hydrogen-bond donors (Lipinski definition) is 0. The van der Waals surface area contributed by atoms with E-state index >= 15 is 0 Å². The maximum Gasteiger partial charge on any atom is 0.266 e. The van der Waals surface area contributed by atoms with Crippen molar-refractivity contribution in [1.29, 1.82) is 0 Å². The maximum absolute atomic E-state index is 12.9. The van der Waals surface area contributed by atoms with Crippen LogP contribution in [0, 0.1) is 6.92 Å². The van der Waals surface area contributed by atoms with E-state index in [-0.39, 0.29) is 25.1 Å². The first kappa shape index (κ1) is 17.7. The monoisotopic (exact) mass is 326 g/mol. The van der Waals surface area contributed by atoms with E-state index in [0.29, 0.717) is 12.1 Å². The molecule has 1 aromatic carbocycles. The number of nitrogens with zero attached hydrogens (tertiary/aromatic N) is 2. The van der Waals surface area contributed by atoms with E-state index < -0.39 is 12.5 Å². The molecule has 6 heteroatoms. The van der Waals surface area contributed by atoms with Crippen molar-refractivity contribution in [3.8, 4) is 0 Å². The molecule has 0 bridgehead atoms. The van der Waals surface area contributed by atoms with Crippen molar-refractivity contribution in [2.24, 2.45) is 0 Å². The molecule has 4 nitrogen and oxygen atoms in total. The Bertz CT molecular complexity index is 564. The quantitative estimate of drug-likeness (QED) is 0.853. The lowest BCUT2D eigenvalue weighted by molar-refractivity contribution is -0.0942. The Labute approximate surface area is 136 Å². The van der Waals surface area contributed by atoms with Crippen molar-refractivity contribution in [3.63, 3.8) is 0 Å². The van der Waals surface area contributed by atoms with Crippen LogP contribution in [0.5, 0.6) is 0 Å². The van der Waals surface area contributed by atoms with Crippen molar-refractivity contribution in [3.05, 3.63) is 29.3 Å². The summed E-state index contributed by atoms with van der Waals surface area (Å²) in [6.45, 7) is 6.39. The Hall–Kier alpha value is -1.69. The number of ether oxygens (including phenoxy) is 1. The topological polar surface area (TPSA) is 32.8 Å². The first-order chi connectivity index (χ1) is 10.8. The van der Waals surface area contributed by atoms with Gasteiger partial charge in [0.2, 0.25) is 0 Å². The predicted octanol–water partition coefficient (Wildman–Crippen LogP) is 2.95. The van der Waals surface area contributed by atoms with E-state index in [1.807, 2.05) is 50.9 Å². The Morgan fingerprint density at radius 1 is 1.39 bits per heavy atom. The Morgan fingerprint density at radius 2 is 2.09 bits per heavy atom. The number of aryl methyl sites for hydroxylation is 1. The lowest BCUT2D eigenvalue weighted by Gasteiger charge is -2.34. The molecule has 0 radical (unpaired) electrons. The molecule has 1 aliphatic heterocycles. The van der Waals surface area contributed by atoms with Crippen LogP contribution >= 0.6 is 0 Å². The van der Waals surface area contributed by atoms with E-state index in [1.165, 1.54) is 4.90 Å². The summed E-state index contributed by atoms with van der Waals surface area (Å²) in [4.78, 5) is 16.3. The number of alkyl halides is 2. The fourth-order valence-electron chi connectivity index (χ4n) is 2.59. The molecule has 0 aromatic heterocycles. The number of halogens is 2. The summed E-state index contributed by atoms with van der Waals surface area (Å²) in [7, 11) is 1.92. The molecule has 1 unspecified atom stereocenters. The molecule has 128 valence electrons. The Kier molecular flexibility index (Phi) is 5.57. The molecule has 0 N–H and O–H groups in total. The summed E-state index contributed by atoms with van der Waals surface area (Å²) in [5, 5.41) is 0. The molecule has 1 aliphatic rings. The molecular formula is C17H24F2N2O2. The van der Waals surface area contributed by atoms with Crippen molar-refractivity contribution in [1.82, 2.24) is 4.90 Å². The number of carbonyl (C=O) groups is 1. The molecule has 1 amide bonds. The van der Waals surface area contributed by atoms with Crippen LogP contribution < -0.4 is 4.90 Å². The zero-order chi connectivity index (χ0) is 17.1. The summed E-state index contributed by atoms with van der Waals surface area (Å²) in [6.07, 6.45) is -3.79. The van der Waals surface area contributed by atoms with Gasteiger partial charge in [-0.1, -0.05) is 11.6 Å². The van der Waals surface area contributed by atoms with Crippen LogP contribution in [0.4, 0.5) is 14.5 Å². The van der Waals surface area contributed by atoms with Crippen LogP contribution in [-0.4, -0.2) is 56.1 Å². The van der Waals surface area contributed by atoms with Gasteiger partial charge in [-0.05, 0) is 32.9 Å². The summed E-state index contributed by atoms with van der Waals surface area (Å²) >= 11 is 0. The van der Waals surface area contributed by atoms with Crippen LogP contribution in [0.15, 0.2) is 18.2 Å². The predicted molar refractivity (Wildman–Crippen MR) is 86.4 cm³/mol. The second kappa shape index (κ2) is 7.25. The van der Waals surface area contributed by atoms with Crippen molar-refractivity contribution in [2.75, 3.05) is 31.6 Å². The number of hydrogen-bond acceptors (Lipinski definition) is 3. The van der Waals surface area contributed by atoms with Gasteiger partial charge in [0, 0.05) is 25.3 Å². The van der Waals surface area contributed by atoms with Gasteiger partial charge in [0.25, 0.3) is 12.3 Å². The van der Waals surface area contributed by atoms with Crippen LogP contribution in [-0.2, 0) is 4.74 Å². The van der Waals surface area contributed by atoms with Gasteiger partial charge >= 0.3 is 0 Å². The first-order valence-corrected chi connectivity index (χ1v) is 7.83. The maximum atomic E-state index is 12.9. The van der Waals surface area contributed by atoms with Gasteiger partial charge in [-0.25, -0.2) is 8.78 Å². The molecule has 1 fully saturated rings. The average Bonchev–Trinajstić information content (AvgIpc) is 2.53. The zero-order valence-electron chi connectivity index (χ0n) is 14.1. The third-order valence-electron chi connectivity index (χ3n) is 4.20. The van der Waals surface area contributed by atoms with Crippen LogP contribution in [0.3, 0.4) is 0 Å². The standard InChI is InChI=1S/C17H24F2N2O2/c1-11(2)20(4)14-6-5-12(3)9-13(14)17(22)21-7-8-23-15(10-21)16(18)19/h5-6,9,11,15-16H,7-8,10H2,1-4H3. The summed E-state index contributed by atoms with van der Waals surface area (Å²) < 4.78 is 30.8. The van der Waals surface area contributed by atoms with Crippen molar-refractivity contribution >= 4 is 11.6 Å². The third-order valence-corrected chi connectivity index (χ3v) is 4.20. The molecule has 23 heavy (non-hydrogen) atoms. The normalized spacial score (nSPS) is 18.6. The van der Waals surface area contributed by atoms with Gasteiger partial charge in [-0.2, -0.15) is 0 Å². The smallest absolute Gasteiger partial charge is 0.266 e. The fraction of sp³-hybridized carbons (Fsp3) is 0.588. The SMILES string of the molecule is Cc1ccc(N(C)C(C)C)c(C(=O)N2CCOC(C(F)F)C2)c1. The zero-order valence-corrected chi connectivity index (χ0v) is 14.1. The third kappa shape index (κ3) is 3.99. The van der Waals surface area contributed by atoms with E-state index in [1.54, 1.807) is 0 Å². The van der Waals surface area contributed by atoms with Gasteiger partial charge in [0.15, 0.2) is 0 Å². The minimum absolute atomic E-state index is 0.0741. The summed E-state index contributed by atoms with van der Waals surface area (Å²) in [5.74, 6) is -0.217. The lowest BCUT2D eigenvalue weighted by atomic mass is 10.1. The molecule has 0 saturated carbocycles.